The average Bonchev–Trinajstić information content (AvgIpc) is 1.38. The number of hydrogen-bond donors (Lipinski definition) is 1. The molecule has 0 saturated carbocycles. The summed E-state index contributed by atoms with van der Waals surface area (Å²) in [5, 5.41) is 7.79. The lowest BCUT2D eigenvalue weighted by molar-refractivity contribution is -0.119. The summed E-state index contributed by atoms with van der Waals surface area (Å²) in [5.41, 5.74) is 0. The average molecular weight is 84.9 g/mol. The summed E-state index contributed by atoms with van der Waals surface area (Å²) < 4.78 is 0. The van der Waals surface area contributed by atoms with Gasteiger partial charge in [0.15, 0.2) is 5.78 Å². The largest absolute Gasteiger partial charge is 0.389 e. The van der Waals surface area contributed by atoms with Gasteiger partial charge in [-0.05, 0) is 6.92 Å². The third-order valence-electron chi connectivity index (χ3n) is 0.223. The van der Waals surface area contributed by atoms with Gasteiger partial charge in [0.25, 0.3) is 0 Å². The van der Waals surface area contributed by atoms with Crippen LogP contribution in [0.1, 0.15) is 6.92 Å². The second kappa shape index (κ2) is 4.69. The van der Waals surface area contributed by atoms with Crippen LogP contribution < -0.4 is 0 Å². The molecule has 1 N–H and O–H groups in total. The molecule has 0 aromatic rings. The topological polar surface area (TPSA) is 37.3 Å². The molecular weight excluding hydrogens is 78.8 g/mol. The number of Topliss-reactive ketones (excluding diaryl/α,β-unsaturated/α-hetero) is 1. The van der Waals surface area contributed by atoms with E-state index in [2.05, 4.69) is 0 Å². The van der Waals surface area contributed by atoms with E-state index in [1.807, 2.05) is 0 Å². The van der Waals surface area contributed by atoms with Crippen molar-refractivity contribution >= 4 is 14.2 Å². The molecule has 0 bridgehead atoms. The summed E-state index contributed by atoms with van der Waals surface area (Å²) in [7, 11) is 0. The molecule has 0 fully saturated rings. The Balaban J connectivity index is 0. The lowest BCUT2D eigenvalue weighted by Gasteiger charge is -1.72. The van der Waals surface area contributed by atoms with Crippen LogP contribution in [0.4, 0.5) is 0 Å². The first-order valence-electron chi connectivity index (χ1n) is 1.37. The van der Waals surface area contributed by atoms with Crippen molar-refractivity contribution in [2.45, 2.75) is 6.92 Å². The summed E-state index contributed by atoms with van der Waals surface area (Å²) in [5.74, 6) is -0.190. The molecule has 0 spiro atoms. The Bertz CT molecular complexity index is 44.1. The molecule has 0 aromatic carbocycles. The van der Waals surface area contributed by atoms with Crippen molar-refractivity contribution in [1.29, 1.82) is 0 Å². The van der Waals surface area contributed by atoms with Crippen molar-refractivity contribution in [2.24, 2.45) is 0 Å². The maximum atomic E-state index is 9.56. The summed E-state index contributed by atoms with van der Waals surface area (Å²) >= 11 is 0. The Morgan fingerprint density at radius 3 is 2.00 bits per heavy atom. The molecule has 2 nitrogen and oxygen atoms in total. The number of ketones is 1. The zero-order chi connectivity index (χ0) is 4.28. The number of aliphatic hydroxyl groups excluding tert-OH is 1. The van der Waals surface area contributed by atoms with Gasteiger partial charge in [0, 0.05) is 8.41 Å². The number of aliphatic hydroxyl groups is 1. The molecule has 0 rings (SSSR count). The van der Waals surface area contributed by atoms with Crippen LogP contribution in [0, 0.1) is 0 Å². The highest BCUT2D eigenvalue weighted by molar-refractivity contribution is 5.76. The van der Waals surface area contributed by atoms with Gasteiger partial charge in [0.1, 0.15) is 6.61 Å². The molecule has 0 aromatic heterocycles. The first kappa shape index (κ1) is 9.19. The van der Waals surface area contributed by atoms with Gasteiger partial charge in [-0.25, -0.2) is 0 Å². The van der Waals surface area contributed by atoms with Crippen LogP contribution in [0.15, 0.2) is 0 Å². The van der Waals surface area contributed by atoms with Gasteiger partial charge >= 0.3 is 0 Å². The fourth-order valence-corrected chi connectivity index (χ4v) is 0. The van der Waals surface area contributed by atoms with E-state index in [1.165, 1.54) is 6.92 Å². The van der Waals surface area contributed by atoms with E-state index in [1.54, 1.807) is 0 Å². The molecule has 0 saturated heterocycles. The van der Waals surface area contributed by atoms with Gasteiger partial charge in [-0.1, -0.05) is 0 Å². The van der Waals surface area contributed by atoms with E-state index in [0.29, 0.717) is 0 Å². The number of hydrogen-bond acceptors (Lipinski definition) is 2. The zero-order valence-corrected chi connectivity index (χ0v) is 3.64. The monoisotopic (exact) mass is 85.0 g/mol. The van der Waals surface area contributed by atoms with Gasteiger partial charge in [-0.2, -0.15) is 0 Å². The Morgan fingerprint density at radius 1 is 1.83 bits per heavy atom. The Morgan fingerprint density at radius 2 is 2.00 bits per heavy atom. The molecule has 0 atom stereocenters. The molecule has 6 heavy (non-hydrogen) atoms. The molecule has 0 unspecified atom stereocenters. The number of carbonyl (C=O) groups excluding carboxylic acids is 1. The number of rotatable bonds is 1. The summed E-state index contributed by atoms with van der Waals surface area (Å²) in [6.45, 7) is 1.000. The van der Waals surface area contributed by atoms with Crippen molar-refractivity contribution in [3.8, 4) is 0 Å². The van der Waals surface area contributed by atoms with Crippen molar-refractivity contribution < 1.29 is 9.90 Å². The quantitative estimate of drug-likeness (QED) is 0.422. The minimum Gasteiger partial charge on any atom is -0.389 e. The predicted octanol–water partition coefficient (Wildman–Crippen LogP) is -0.813. The summed E-state index contributed by atoms with van der Waals surface area (Å²) in [6.07, 6.45) is 0. The second-order valence-electron chi connectivity index (χ2n) is 0.860. The van der Waals surface area contributed by atoms with E-state index in [0.717, 1.165) is 0 Å². The molecule has 0 aliphatic heterocycles. The van der Waals surface area contributed by atoms with E-state index in [-0.39, 0.29) is 20.8 Å². The van der Waals surface area contributed by atoms with Crippen molar-refractivity contribution in [3.63, 3.8) is 0 Å². The Kier molecular flexibility index (Phi) is 7.19. The highest BCUT2D eigenvalue weighted by Crippen LogP contribution is 1.55. The van der Waals surface area contributed by atoms with Gasteiger partial charge in [-0.3, -0.25) is 4.79 Å². The van der Waals surface area contributed by atoms with Crippen molar-refractivity contribution in [2.75, 3.05) is 6.61 Å². The highest BCUT2D eigenvalue weighted by atomic mass is 16.3. The maximum absolute atomic E-state index is 9.56. The number of carbonyl (C=O) groups is 1. The van der Waals surface area contributed by atoms with Crippen LogP contribution >= 0.6 is 0 Å². The highest BCUT2D eigenvalue weighted by Gasteiger charge is 1.78. The maximum Gasteiger partial charge on any atom is 0.155 e. The molecule has 0 heterocycles. The first-order chi connectivity index (χ1) is 2.27. The molecule has 33 valence electrons. The minimum absolute atomic E-state index is 0. The second-order valence-corrected chi connectivity index (χ2v) is 0.860. The first-order valence-corrected chi connectivity index (χ1v) is 1.37. The molecule has 0 aliphatic rings. The van der Waals surface area contributed by atoms with Crippen LogP contribution in [-0.2, 0) is 4.79 Å². The van der Waals surface area contributed by atoms with Crippen LogP contribution in [0.2, 0.25) is 0 Å². The zero-order valence-electron chi connectivity index (χ0n) is 3.64. The smallest absolute Gasteiger partial charge is 0.155 e. The third-order valence-corrected chi connectivity index (χ3v) is 0.223. The van der Waals surface area contributed by atoms with E-state index in [4.69, 9.17) is 5.11 Å². The predicted molar refractivity (Wildman–Crippen MR) is 23.5 cm³/mol. The van der Waals surface area contributed by atoms with E-state index >= 15 is 0 Å². The van der Waals surface area contributed by atoms with Gasteiger partial charge < -0.3 is 5.11 Å². The van der Waals surface area contributed by atoms with Gasteiger partial charge in [0.05, 0.1) is 0 Å². The molecule has 3 radical (unpaired) electrons. The Labute approximate surface area is 38.7 Å². The van der Waals surface area contributed by atoms with Crippen LogP contribution in [0.25, 0.3) is 0 Å². The SMILES string of the molecule is CC(=O)CO.[B]. The molecule has 0 aliphatic carbocycles. The summed E-state index contributed by atoms with van der Waals surface area (Å²) in [4.78, 5) is 9.56. The molecule has 0 amide bonds. The lowest BCUT2D eigenvalue weighted by atomic mass is 10.5. The van der Waals surface area contributed by atoms with E-state index in [9.17, 15) is 4.79 Å². The van der Waals surface area contributed by atoms with Crippen molar-refractivity contribution in [1.82, 2.24) is 0 Å². The van der Waals surface area contributed by atoms with E-state index < -0.39 is 0 Å². The van der Waals surface area contributed by atoms with Gasteiger partial charge in [0.2, 0.25) is 0 Å². The fourth-order valence-electron chi connectivity index (χ4n) is 0. The summed E-state index contributed by atoms with van der Waals surface area (Å²) in [6, 6.07) is 0. The fraction of sp³-hybridized carbons (Fsp3) is 0.667. The lowest BCUT2D eigenvalue weighted by Crippen LogP contribution is -1.93. The van der Waals surface area contributed by atoms with Crippen molar-refractivity contribution in [3.05, 3.63) is 0 Å². The normalized spacial score (nSPS) is 6.33. The minimum atomic E-state index is -0.333. The van der Waals surface area contributed by atoms with Crippen LogP contribution in [0.3, 0.4) is 0 Å². The van der Waals surface area contributed by atoms with Gasteiger partial charge in [-0.15, -0.1) is 0 Å². The third kappa shape index (κ3) is 9.34. The Hall–Kier alpha value is -0.305. The molecule has 3 heteroatoms. The molecular formula is C3H6BO2. The van der Waals surface area contributed by atoms with Crippen LogP contribution in [-0.4, -0.2) is 25.9 Å². The standard InChI is InChI=1S/C3H6O2.B/c1-3(5)2-4;/h4H,2H2,1H3;. The van der Waals surface area contributed by atoms with Crippen LogP contribution in [0.5, 0.6) is 0 Å².